The lowest BCUT2D eigenvalue weighted by Gasteiger charge is -2.23. The van der Waals surface area contributed by atoms with E-state index in [-0.39, 0.29) is 11.8 Å². The Morgan fingerprint density at radius 2 is 2.08 bits per heavy atom. The molecular weight excluding hydrogens is 346 g/mol. The van der Waals surface area contributed by atoms with Crippen LogP contribution in [0.25, 0.3) is 0 Å². The minimum atomic E-state index is -0.0208. The maximum atomic E-state index is 12.7. The number of nitrogens with zero attached hydrogens (tertiary/aromatic N) is 2. The van der Waals surface area contributed by atoms with Crippen LogP contribution in [0.5, 0.6) is 0 Å². The summed E-state index contributed by atoms with van der Waals surface area (Å²) in [6, 6.07) is 12.3. The number of carbonyl (C=O) groups excluding carboxylic acids is 2. The van der Waals surface area contributed by atoms with E-state index in [0.717, 1.165) is 43.7 Å². The van der Waals surface area contributed by atoms with Crippen LogP contribution in [0.15, 0.2) is 41.8 Å². The Morgan fingerprint density at radius 3 is 2.77 bits per heavy atom. The molecule has 1 saturated carbocycles. The molecule has 0 atom stereocenters. The van der Waals surface area contributed by atoms with Crippen molar-refractivity contribution >= 4 is 34.5 Å². The average Bonchev–Trinajstić information content (AvgIpc) is 3.20. The van der Waals surface area contributed by atoms with E-state index < -0.39 is 0 Å². The molecule has 26 heavy (non-hydrogen) atoms. The van der Waals surface area contributed by atoms with Crippen LogP contribution in [0.3, 0.4) is 0 Å². The summed E-state index contributed by atoms with van der Waals surface area (Å²) in [7, 11) is 0. The molecular formula is C20H23N3O2S. The monoisotopic (exact) mass is 369 g/mol. The Balaban J connectivity index is 1.43. The van der Waals surface area contributed by atoms with E-state index in [1.54, 1.807) is 16.2 Å². The van der Waals surface area contributed by atoms with E-state index >= 15 is 0 Å². The molecule has 1 aliphatic carbocycles. The first kappa shape index (κ1) is 17.2. The van der Waals surface area contributed by atoms with Gasteiger partial charge in [-0.15, -0.1) is 11.3 Å². The number of carbonyl (C=O) groups is 2. The van der Waals surface area contributed by atoms with Crippen molar-refractivity contribution in [3.05, 3.63) is 46.7 Å². The second-order valence-corrected chi connectivity index (χ2v) is 7.96. The van der Waals surface area contributed by atoms with E-state index in [1.165, 1.54) is 4.88 Å². The molecule has 0 bridgehead atoms. The minimum absolute atomic E-state index is 0.0208. The predicted octanol–water partition coefficient (Wildman–Crippen LogP) is 3.48. The second kappa shape index (κ2) is 7.60. The summed E-state index contributed by atoms with van der Waals surface area (Å²) < 4.78 is 0. The van der Waals surface area contributed by atoms with Crippen LogP contribution >= 0.6 is 11.3 Å². The molecule has 2 aliphatic rings. The third-order valence-corrected chi connectivity index (χ3v) is 5.75. The zero-order valence-corrected chi connectivity index (χ0v) is 15.5. The standard InChI is InChI=1S/C20H23N3O2S/c24-19(14-22(15-9-10-15)13-16-5-4-12-26-16)21-17-6-1-2-7-18(17)23-11-3-8-20(23)25/h1-2,4-7,12,15H,3,8-11,13-14H2,(H,21,24). The smallest absolute Gasteiger partial charge is 0.238 e. The highest BCUT2D eigenvalue weighted by Crippen LogP contribution is 2.31. The molecule has 4 rings (SSSR count). The maximum absolute atomic E-state index is 12.7. The molecule has 6 heteroatoms. The Bertz CT molecular complexity index is 786. The van der Waals surface area contributed by atoms with Gasteiger partial charge in [-0.2, -0.15) is 0 Å². The highest BCUT2D eigenvalue weighted by molar-refractivity contribution is 7.09. The summed E-state index contributed by atoms with van der Waals surface area (Å²) in [5.74, 6) is 0.108. The number of benzene rings is 1. The van der Waals surface area contributed by atoms with Gasteiger partial charge >= 0.3 is 0 Å². The van der Waals surface area contributed by atoms with Crippen molar-refractivity contribution < 1.29 is 9.59 Å². The van der Waals surface area contributed by atoms with Crippen LogP contribution < -0.4 is 10.2 Å². The van der Waals surface area contributed by atoms with Gasteiger partial charge in [0.15, 0.2) is 0 Å². The molecule has 1 aromatic carbocycles. The number of nitrogens with one attached hydrogen (secondary N) is 1. The highest BCUT2D eigenvalue weighted by atomic mass is 32.1. The highest BCUT2D eigenvalue weighted by Gasteiger charge is 2.31. The predicted molar refractivity (Wildman–Crippen MR) is 104 cm³/mol. The van der Waals surface area contributed by atoms with Crippen LogP contribution in [0, 0.1) is 0 Å². The fourth-order valence-corrected chi connectivity index (χ4v) is 4.18. The van der Waals surface area contributed by atoms with Gasteiger partial charge in [0.25, 0.3) is 0 Å². The van der Waals surface area contributed by atoms with Gasteiger partial charge in [0.05, 0.1) is 17.9 Å². The Labute approximate surface area is 157 Å². The van der Waals surface area contributed by atoms with Gasteiger partial charge in [-0.25, -0.2) is 0 Å². The number of anilines is 2. The molecule has 1 N–H and O–H groups in total. The van der Waals surface area contributed by atoms with Crippen LogP contribution in [0.1, 0.15) is 30.6 Å². The Kier molecular flexibility index (Phi) is 5.04. The molecule has 1 saturated heterocycles. The van der Waals surface area contributed by atoms with E-state index in [2.05, 4.69) is 27.7 Å². The largest absolute Gasteiger partial charge is 0.323 e. The van der Waals surface area contributed by atoms with Crippen molar-refractivity contribution in [1.29, 1.82) is 0 Å². The minimum Gasteiger partial charge on any atom is -0.323 e. The number of thiophene rings is 1. The van der Waals surface area contributed by atoms with E-state index in [1.807, 2.05) is 24.3 Å². The average molecular weight is 369 g/mol. The van der Waals surface area contributed by atoms with Gasteiger partial charge in [-0.05, 0) is 42.8 Å². The van der Waals surface area contributed by atoms with Crippen molar-refractivity contribution in [2.75, 3.05) is 23.3 Å². The van der Waals surface area contributed by atoms with Gasteiger partial charge in [0, 0.05) is 30.4 Å². The van der Waals surface area contributed by atoms with Crippen molar-refractivity contribution in [2.45, 2.75) is 38.3 Å². The Hall–Kier alpha value is -2.18. The molecule has 1 aliphatic heterocycles. The van der Waals surface area contributed by atoms with Gasteiger partial charge in [0.1, 0.15) is 0 Å². The first-order chi connectivity index (χ1) is 12.7. The molecule has 2 heterocycles. The first-order valence-corrected chi connectivity index (χ1v) is 10.0. The quantitative estimate of drug-likeness (QED) is 0.813. The number of amides is 2. The van der Waals surface area contributed by atoms with Crippen molar-refractivity contribution in [3.8, 4) is 0 Å². The van der Waals surface area contributed by atoms with E-state index in [4.69, 9.17) is 0 Å². The summed E-state index contributed by atoms with van der Waals surface area (Å²) in [4.78, 5) is 30.1. The number of hydrogen-bond acceptors (Lipinski definition) is 4. The third kappa shape index (κ3) is 3.97. The topological polar surface area (TPSA) is 52.7 Å². The second-order valence-electron chi connectivity index (χ2n) is 6.93. The molecule has 136 valence electrons. The Morgan fingerprint density at radius 1 is 1.23 bits per heavy atom. The molecule has 0 unspecified atom stereocenters. The lowest BCUT2D eigenvalue weighted by Crippen LogP contribution is -2.34. The third-order valence-electron chi connectivity index (χ3n) is 4.89. The van der Waals surface area contributed by atoms with Crippen molar-refractivity contribution in [2.24, 2.45) is 0 Å². The number of para-hydroxylation sites is 2. The lowest BCUT2D eigenvalue weighted by molar-refractivity contribution is -0.118. The van der Waals surface area contributed by atoms with Crippen LogP contribution in [0.2, 0.25) is 0 Å². The SMILES string of the molecule is O=C(CN(Cc1cccs1)C1CC1)Nc1ccccc1N1CCCC1=O. The molecule has 1 aromatic heterocycles. The van der Waals surface area contributed by atoms with E-state index in [9.17, 15) is 9.59 Å². The first-order valence-electron chi connectivity index (χ1n) is 9.16. The van der Waals surface area contributed by atoms with Crippen molar-refractivity contribution in [1.82, 2.24) is 4.90 Å². The molecule has 2 fully saturated rings. The maximum Gasteiger partial charge on any atom is 0.238 e. The molecule has 0 radical (unpaired) electrons. The van der Waals surface area contributed by atoms with Crippen LogP contribution in [-0.4, -0.2) is 35.8 Å². The molecule has 5 nitrogen and oxygen atoms in total. The number of rotatable bonds is 7. The van der Waals surface area contributed by atoms with Crippen LogP contribution in [0.4, 0.5) is 11.4 Å². The summed E-state index contributed by atoms with van der Waals surface area (Å²) in [5.41, 5.74) is 1.53. The lowest BCUT2D eigenvalue weighted by atomic mass is 10.2. The molecule has 0 spiro atoms. The van der Waals surface area contributed by atoms with E-state index in [0.29, 0.717) is 19.0 Å². The fraction of sp³-hybridized carbons (Fsp3) is 0.400. The normalized spacial score (nSPS) is 17.1. The van der Waals surface area contributed by atoms with Gasteiger partial charge in [-0.3, -0.25) is 14.5 Å². The summed E-state index contributed by atoms with van der Waals surface area (Å²) in [6.45, 7) is 1.92. The van der Waals surface area contributed by atoms with Crippen LogP contribution in [-0.2, 0) is 16.1 Å². The number of hydrogen-bond donors (Lipinski definition) is 1. The summed E-state index contributed by atoms with van der Waals surface area (Å²) in [6.07, 6.45) is 3.78. The molecule has 2 aromatic rings. The summed E-state index contributed by atoms with van der Waals surface area (Å²) >= 11 is 1.73. The summed E-state index contributed by atoms with van der Waals surface area (Å²) in [5, 5.41) is 5.10. The zero-order valence-electron chi connectivity index (χ0n) is 14.7. The fourth-order valence-electron chi connectivity index (χ4n) is 3.45. The van der Waals surface area contributed by atoms with Gasteiger partial charge in [-0.1, -0.05) is 18.2 Å². The zero-order chi connectivity index (χ0) is 17.9. The molecule has 2 amide bonds. The van der Waals surface area contributed by atoms with Crippen molar-refractivity contribution in [3.63, 3.8) is 0 Å². The van der Waals surface area contributed by atoms with Gasteiger partial charge < -0.3 is 10.2 Å². The van der Waals surface area contributed by atoms with Gasteiger partial charge in [0.2, 0.25) is 11.8 Å².